The first-order valence-electron chi connectivity index (χ1n) is 12.2. The minimum absolute atomic E-state index is 0.0508. The fraction of sp³-hybridized carbons (Fsp3) is 0.276. The normalized spacial score (nSPS) is 11.7. The summed E-state index contributed by atoms with van der Waals surface area (Å²) in [5, 5.41) is 1.59. The Labute approximate surface area is 223 Å². The lowest BCUT2D eigenvalue weighted by Crippen LogP contribution is -2.32. The molecule has 0 saturated heterocycles. The predicted octanol–water partition coefficient (Wildman–Crippen LogP) is 6.62. The highest BCUT2D eigenvalue weighted by Gasteiger charge is 2.22. The highest BCUT2D eigenvalue weighted by molar-refractivity contribution is 7.90. The summed E-state index contributed by atoms with van der Waals surface area (Å²) >= 11 is 6.25. The number of aromatic nitrogens is 1. The number of para-hydroxylation sites is 1. The molecule has 8 heteroatoms. The third-order valence-electron chi connectivity index (χ3n) is 6.33. The zero-order valence-corrected chi connectivity index (χ0v) is 23.0. The van der Waals surface area contributed by atoms with Crippen molar-refractivity contribution in [2.75, 3.05) is 6.61 Å². The van der Waals surface area contributed by atoms with E-state index in [0.29, 0.717) is 19.6 Å². The lowest BCUT2D eigenvalue weighted by atomic mass is 10.0. The van der Waals surface area contributed by atoms with Crippen molar-refractivity contribution in [2.45, 2.75) is 51.5 Å². The average molecular weight is 539 g/mol. The number of carbonyl (C=O) groups excluding carboxylic acids is 1. The molecular weight excluding hydrogens is 508 g/mol. The van der Waals surface area contributed by atoms with Gasteiger partial charge in [0.25, 0.3) is 15.9 Å². The van der Waals surface area contributed by atoms with Gasteiger partial charge in [0.05, 0.1) is 11.5 Å². The Hall–Kier alpha value is -3.29. The average Bonchev–Trinajstić information content (AvgIpc) is 3.23. The number of aryl methyl sites for hydroxylation is 3. The first-order valence-corrected chi connectivity index (χ1v) is 14.1. The fourth-order valence-electron chi connectivity index (χ4n) is 4.31. The van der Waals surface area contributed by atoms with Crippen molar-refractivity contribution in [3.63, 3.8) is 0 Å². The summed E-state index contributed by atoms with van der Waals surface area (Å²) in [7, 11) is -4.03. The first-order chi connectivity index (χ1) is 17.6. The summed E-state index contributed by atoms with van der Waals surface area (Å²) in [5.74, 6) is 0.345. The number of hydrogen-bond donors (Lipinski definition) is 1. The van der Waals surface area contributed by atoms with E-state index in [1.165, 1.54) is 12.1 Å². The van der Waals surface area contributed by atoms with Gasteiger partial charge in [0.15, 0.2) is 0 Å². The van der Waals surface area contributed by atoms with Crippen LogP contribution in [0.15, 0.2) is 71.6 Å². The molecular formula is C29H31ClN2O4S. The standard InChI is InChI=1S/C29H31ClN2O4S/c1-19(2)22-10-12-25(13-11-22)37(34,35)31-29(33)27-18-23-8-5-6-9-26(23)32(27)14-7-15-36-24-16-20(3)28(30)21(4)17-24/h5-6,8-13,16-19H,7,14-15H2,1-4H3,(H,31,33). The number of carbonyl (C=O) groups is 1. The second-order valence-electron chi connectivity index (χ2n) is 9.47. The van der Waals surface area contributed by atoms with Crippen molar-refractivity contribution in [2.24, 2.45) is 0 Å². The molecule has 4 rings (SSSR count). The van der Waals surface area contributed by atoms with Crippen molar-refractivity contribution in [1.82, 2.24) is 9.29 Å². The highest BCUT2D eigenvalue weighted by atomic mass is 35.5. The van der Waals surface area contributed by atoms with Crippen molar-refractivity contribution in [3.8, 4) is 5.75 Å². The first kappa shape index (κ1) is 26.8. The van der Waals surface area contributed by atoms with Crippen LogP contribution in [-0.4, -0.2) is 25.5 Å². The second kappa shape index (κ2) is 11.0. The largest absolute Gasteiger partial charge is 0.494 e. The Kier molecular flexibility index (Phi) is 7.95. The zero-order valence-electron chi connectivity index (χ0n) is 21.4. The number of benzene rings is 3. The molecule has 0 atom stereocenters. The molecule has 4 aromatic rings. The van der Waals surface area contributed by atoms with Crippen LogP contribution in [-0.2, 0) is 16.6 Å². The smallest absolute Gasteiger partial charge is 0.281 e. The van der Waals surface area contributed by atoms with Crippen LogP contribution in [0, 0.1) is 13.8 Å². The number of nitrogens with zero attached hydrogens (tertiary/aromatic N) is 1. The van der Waals surface area contributed by atoms with Crippen molar-refractivity contribution in [1.29, 1.82) is 0 Å². The van der Waals surface area contributed by atoms with Gasteiger partial charge in [0.1, 0.15) is 11.4 Å². The molecule has 1 aromatic heterocycles. The maximum absolute atomic E-state index is 13.2. The van der Waals surface area contributed by atoms with Crippen molar-refractivity contribution >= 4 is 38.4 Å². The molecule has 37 heavy (non-hydrogen) atoms. The van der Waals surface area contributed by atoms with E-state index < -0.39 is 15.9 Å². The summed E-state index contributed by atoms with van der Waals surface area (Å²) in [6.07, 6.45) is 0.614. The number of fused-ring (bicyclic) bond motifs is 1. The molecule has 0 aliphatic rings. The lowest BCUT2D eigenvalue weighted by Gasteiger charge is -2.13. The van der Waals surface area contributed by atoms with Crippen LogP contribution < -0.4 is 9.46 Å². The molecule has 1 heterocycles. The number of halogens is 1. The number of sulfonamides is 1. The molecule has 0 spiro atoms. The number of nitrogens with one attached hydrogen (secondary N) is 1. The summed E-state index contributed by atoms with van der Waals surface area (Å²) in [4.78, 5) is 13.3. The zero-order chi connectivity index (χ0) is 26.7. The van der Waals surface area contributed by atoms with Gasteiger partial charge in [0, 0.05) is 22.5 Å². The Morgan fingerprint density at radius 3 is 2.30 bits per heavy atom. The molecule has 0 radical (unpaired) electrons. The van der Waals surface area contributed by atoms with Crippen LogP contribution in [0.1, 0.15) is 53.4 Å². The molecule has 194 valence electrons. The number of ether oxygens (including phenoxy) is 1. The van der Waals surface area contributed by atoms with Gasteiger partial charge in [-0.25, -0.2) is 13.1 Å². The molecule has 6 nitrogen and oxygen atoms in total. The number of hydrogen-bond acceptors (Lipinski definition) is 4. The SMILES string of the molecule is Cc1cc(OCCCn2c(C(=O)NS(=O)(=O)c3ccc(C(C)C)cc3)cc3ccccc32)cc(C)c1Cl. The topological polar surface area (TPSA) is 77.4 Å². The molecule has 0 bridgehead atoms. The van der Waals surface area contributed by atoms with E-state index >= 15 is 0 Å². The van der Waals surface area contributed by atoms with Gasteiger partial charge in [0.2, 0.25) is 0 Å². The van der Waals surface area contributed by atoms with E-state index in [0.717, 1.165) is 38.4 Å². The molecule has 0 unspecified atom stereocenters. The Bertz CT molecular complexity index is 1520. The van der Waals surface area contributed by atoms with Gasteiger partial charge in [-0.3, -0.25) is 4.79 Å². The van der Waals surface area contributed by atoms with Gasteiger partial charge in [-0.1, -0.05) is 55.8 Å². The van der Waals surface area contributed by atoms with Crippen LogP contribution in [0.4, 0.5) is 0 Å². The summed E-state index contributed by atoms with van der Waals surface area (Å²) < 4.78 is 35.9. The van der Waals surface area contributed by atoms with E-state index in [9.17, 15) is 13.2 Å². The fourth-order valence-corrected chi connectivity index (χ4v) is 5.38. The van der Waals surface area contributed by atoms with Gasteiger partial charge in [-0.15, -0.1) is 0 Å². The molecule has 0 fully saturated rings. The summed E-state index contributed by atoms with van der Waals surface area (Å²) in [6, 6.07) is 19.7. The van der Waals surface area contributed by atoms with Crippen LogP contribution in [0.5, 0.6) is 5.75 Å². The number of amides is 1. The Morgan fingerprint density at radius 2 is 1.65 bits per heavy atom. The van der Waals surface area contributed by atoms with E-state index in [1.54, 1.807) is 18.2 Å². The molecule has 0 aliphatic carbocycles. The Morgan fingerprint density at radius 1 is 1.00 bits per heavy atom. The van der Waals surface area contributed by atoms with E-state index in [1.807, 2.05) is 68.7 Å². The summed E-state index contributed by atoms with van der Waals surface area (Å²) in [5.41, 5.74) is 4.06. The third-order valence-corrected chi connectivity index (χ3v) is 8.28. The molecule has 3 aromatic carbocycles. The number of rotatable bonds is 9. The molecule has 1 N–H and O–H groups in total. The van der Waals surface area contributed by atoms with Crippen LogP contribution in [0.2, 0.25) is 5.02 Å². The van der Waals surface area contributed by atoms with E-state index in [4.69, 9.17) is 16.3 Å². The van der Waals surface area contributed by atoms with Crippen LogP contribution >= 0.6 is 11.6 Å². The Balaban J connectivity index is 1.51. The van der Waals surface area contributed by atoms with Crippen LogP contribution in [0.3, 0.4) is 0 Å². The maximum atomic E-state index is 13.2. The minimum Gasteiger partial charge on any atom is -0.494 e. The van der Waals surface area contributed by atoms with Crippen molar-refractivity contribution < 1.29 is 17.9 Å². The van der Waals surface area contributed by atoms with Gasteiger partial charge in [-0.2, -0.15) is 0 Å². The predicted molar refractivity (Wildman–Crippen MR) is 148 cm³/mol. The highest BCUT2D eigenvalue weighted by Crippen LogP contribution is 2.26. The molecule has 0 saturated carbocycles. The van der Waals surface area contributed by atoms with Crippen LogP contribution in [0.25, 0.3) is 10.9 Å². The van der Waals surface area contributed by atoms with Gasteiger partial charge in [-0.05, 0) is 79.3 Å². The minimum atomic E-state index is -4.03. The summed E-state index contributed by atoms with van der Waals surface area (Å²) in [6.45, 7) is 8.84. The van der Waals surface area contributed by atoms with E-state index in [-0.39, 0.29) is 16.5 Å². The molecule has 0 aliphatic heterocycles. The second-order valence-corrected chi connectivity index (χ2v) is 11.5. The molecule has 1 amide bonds. The quantitative estimate of drug-likeness (QED) is 0.243. The van der Waals surface area contributed by atoms with Gasteiger partial charge < -0.3 is 9.30 Å². The van der Waals surface area contributed by atoms with E-state index in [2.05, 4.69) is 4.72 Å². The van der Waals surface area contributed by atoms with Crippen molar-refractivity contribution in [3.05, 3.63) is 94.1 Å². The maximum Gasteiger partial charge on any atom is 0.281 e. The van der Waals surface area contributed by atoms with Gasteiger partial charge >= 0.3 is 0 Å². The third kappa shape index (κ3) is 6.00. The monoisotopic (exact) mass is 538 g/mol. The lowest BCUT2D eigenvalue weighted by molar-refractivity contribution is 0.0972.